The van der Waals surface area contributed by atoms with Crippen LogP contribution in [0.25, 0.3) is 0 Å². The van der Waals surface area contributed by atoms with Crippen molar-refractivity contribution in [2.24, 2.45) is 0 Å². The van der Waals surface area contributed by atoms with Gasteiger partial charge in [0.1, 0.15) is 5.75 Å². The molecule has 1 aliphatic rings. The molecule has 0 saturated carbocycles. The molecular formula is C21H23NO4S2. The third-order valence-electron chi connectivity index (χ3n) is 4.34. The van der Waals surface area contributed by atoms with E-state index in [4.69, 9.17) is 9.47 Å². The molecule has 0 bridgehead atoms. The number of benzene rings is 2. The molecule has 1 heterocycles. The van der Waals surface area contributed by atoms with E-state index in [1.54, 1.807) is 26.2 Å². The molecule has 2 aromatic rings. The molecule has 148 valence electrons. The van der Waals surface area contributed by atoms with Crippen molar-refractivity contribution in [1.82, 2.24) is 5.32 Å². The molecule has 0 unspecified atom stereocenters. The van der Waals surface area contributed by atoms with E-state index in [-0.39, 0.29) is 5.91 Å². The van der Waals surface area contributed by atoms with Crippen LogP contribution in [0.2, 0.25) is 0 Å². The fourth-order valence-corrected chi connectivity index (χ4v) is 5.64. The zero-order valence-electron chi connectivity index (χ0n) is 15.8. The van der Waals surface area contributed by atoms with Crippen LogP contribution in [0, 0.1) is 0 Å². The molecule has 7 heteroatoms. The van der Waals surface area contributed by atoms with Gasteiger partial charge < -0.3 is 14.8 Å². The lowest BCUT2D eigenvalue weighted by atomic mass is 10.1. The molecule has 1 fully saturated rings. The Hall–Kier alpha value is -2.12. The van der Waals surface area contributed by atoms with Crippen molar-refractivity contribution in [2.45, 2.75) is 24.2 Å². The molecule has 1 saturated heterocycles. The average molecular weight is 418 g/mol. The third-order valence-corrected chi connectivity index (χ3v) is 7.44. The Morgan fingerprint density at radius 3 is 2.46 bits per heavy atom. The van der Waals surface area contributed by atoms with Gasteiger partial charge in [-0.3, -0.25) is 4.79 Å². The topological polar surface area (TPSA) is 64.6 Å². The van der Waals surface area contributed by atoms with Crippen LogP contribution in [-0.4, -0.2) is 36.6 Å². The molecule has 28 heavy (non-hydrogen) atoms. The third kappa shape index (κ3) is 5.23. The standard InChI is InChI=1S/C21H23NO4S2/c1-14(19(23)22-13-17-5-3-4-6-18(17)25-2)26-20(24)15-7-9-16(10-8-15)21-27-11-12-28-21/h3-10,14,21H,11-13H2,1-2H3,(H,22,23)/t14-/m1/s1. The zero-order chi connectivity index (χ0) is 19.9. The van der Waals surface area contributed by atoms with E-state index in [1.165, 1.54) is 5.56 Å². The van der Waals surface area contributed by atoms with Crippen molar-refractivity contribution in [3.8, 4) is 5.75 Å². The minimum absolute atomic E-state index is 0.302. The number of ether oxygens (including phenoxy) is 2. The number of esters is 1. The Morgan fingerprint density at radius 2 is 1.79 bits per heavy atom. The number of nitrogens with one attached hydrogen (secondary N) is 1. The molecule has 0 aliphatic carbocycles. The second-order valence-corrected chi connectivity index (χ2v) is 9.00. The number of carbonyl (C=O) groups excluding carboxylic acids is 2. The quantitative estimate of drug-likeness (QED) is 0.686. The average Bonchev–Trinajstić information content (AvgIpc) is 3.27. The molecular weight excluding hydrogens is 394 g/mol. The van der Waals surface area contributed by atoms with Crippen LogP contribution in [0.1, 0.15) is 33.0 Å². The first-order valence-electron chi connectivity index (χ1n) is 9.02. The number of thioether (sulfide) groups is 2. The van der Waals surface area contributed by atoms with Crippen molar-refractivity contribution >= 4 is 35.4 Å². The monoisotopic (exact) mass is 417 g/mol. The summed E-state index contributed by atoms with van der Waals surface area (Å²) in [5.41, 5.74) is 2.50. The SMILES string of the molecule is COc1ccccc1CNC(=O)[C@@H](C)OC(=O)c1ccc(C2SCCS2)cc1. The summed E-state index contributed by atoms with van der Waals surface area (Å²) < 4.78 is 11.0. The van der Waals surface area contributed by atoms with Gasteiger partial charge >= 0.3 is 5.97 Å². The summed E-state index contributed by atoms with van der Waals surface area (Å²) >= 11 is 3.83. The summed E-state index contributed by atoms with van der Waals surface area (Å²) in [4.78, 5) is 24.6. The van der Waals surface area contributed by atoms with Crippen molar-refractivity contribution in [1.29, 1.82) is 0 Å². The summed E-state index contributed by atoms with van der Waals surface area (Å²) in [5, 5.41) is 2.77. The van der Waals surface area contributed by atoms with Crippen LogP contribution in [-0.2, 0) is 16.1 Å². The molecule has 1 aliphatic heterocycles. The Kier molecular flexibility index (Phi) is 7.28. The maximum absolute atomic E-state index is 12.3. The Labute approximate surface area is 173 Å². The molecule has 0 radical (unpaired) electrons. The van der Waals surface area contributed by atoms with Crippen LogP contribution >= 0.6 is 23.5 Å². The predicted molar refractivity (Wildman–Crippen MR) is 114 cm³/mol. The van der Waals surface area contributed by atoms with Gasteiger partial charge in [0.15, 0.2) is 6.10 Å². The van der Waals surface area contributed by atoms with Crippen molar-refractivity contribution in [3.63, 3.8) is 0 Å². The van der Waals surface area contributed by atoms with Gasteiger partial charge in [0, 0.05) is 23.6 Å². The highest BCUT2D eigenvalue weighted by atomic mass is 32.2. The van der Waals surface area contributed by atoms with Gasteiger partial charge in [-0.05, 0) is 30.7 Å². The number of para-hydroxylation sites is 1. The Bertz CT molecular complexity index is 819. The Balaban J connectivity index is 1.52. The smallest absolute Gasteiger partial charge is 0.338 e. The zero-order valence-corrected chi connectivity index (χ0v) is 17.5. The van der Waals surface area contributed by atoms with E-state index in [1.807, 2.05) is 59.9 Å². The van der Waals surface area contributed by atoms with Gasteiger partial charge in [0.25, 0.3) is 5.91 Å². The molecule has 1 atom stereocenters. The summed E-state index contributed by atoms with van der Waals surface area (Å²) in [7, 11) is 1.58. The molecule has 1 amide bonds. The van der Waals surface area contributed by atoms with Gasteiger partial charge in [0.05, 0.1) is 17.3 Å². The second kappa shape index (κ2) is 9.89. The minimum Gasteiger partial charge on any atom is -0.496 e. The lowest BCUT2D eigenvalue weighted by Gasteiger charge is -2.15. The number of carbonyl (C=O) groups is 2. The van der Waals surface area contributed by atoms with Crippen molar-refractivity contribution in [3.05, 3.63) is 65.2 Å². The number of amides is 1. The van der Waals surface area contributed by atoms with Crippen LogP contribution < -0.4 is 10.1 Å². The minimum atomic E-state index is -0.886. The summed E-state index contributed by atoms with van der Waals surface area (Å²) in [6, 6.07) is 14.9. The van der Waals surface area contributed by atoms with Crippen LogP contribution in [0.5, 0.6) is 5.75 Å². The fraction of sp³-hybridized carbons (Fsp3) is 0.333. The van der Waals surface area contributed by atoms with Crippen LogP contribution in [0.15, 0.2) is 48.5 Å². The first-order valence-corrected chi connectivity index (χ1v) is 11.1. The summed E-state index contributed by atoms with van der Waals surface area (Å²) in [6.45, 7) is 1.87. The molecule has 1 N–H and O–H groups in total. The number of hydrogen-bond donors (Lipinski definition) is 1. The van der Waals surface area contributed by atoms with Gasteiger partial charge in [0.2, 0.25) is 0 Å². The normalized spacial score (nSPS) is 15.1. The fourth-order valence-electron chi connectivity index (χ4n) is 2.78. The molecule has 3 rings (SSSR count). The number of rotatable bonds is 7. The number of hydrogen-bond acceptors (Lipinski definition) is 6. The first kappa shape index (κ1) is 20.6. The van der Waals surface area contributed by atoms with Gasteiger partial charge in [-0.1, -0.05) is 30.3 Å². The highest BCUT2D eigenvalue weighted by Gasteiger charge is 2.21. The van der Waals surface area contributed by atoms with Crippen molar-refractivity contribution < 1.29 is 19.1 Å². The second-order valence-electron chi connectivity index (χ2n) is 6.27. The molecule has 5 nitrogen and oxygen atoms in total. The van der Waals surface area contributed by atoms with E-state index in [0.29, 0.717) is 22.4 Å². The first-order chi connectivity index (χ1) is 13.6. The Morgan fingerprint density at radius 1 is 1.11 bits per heavy atom. The lowest BCUT2D eigenvalue weighted by molar-refractivity contribution is -0.129. The van der Waals surface area contributed by atoms with Gasteiger partial charge in [-0.2, -0.15) is 0 Å². The van der Waals surface area contributed by atoms with Crippen molar-refractivity contribution in [2.75, 3.05) is 18.6 Å². The number of methoxy groups -OCH3 is 1. The molecule has 0 aromatic heterocycles. The molecule has 0 spiro atoms. The summed E-state index contributed by atoms with van der Waals surface area (Å²) in [5.74, 6) is 2.15. The van der Waals surface area contributed by atoms with Crippen LogP contribution in [0.4, 0.5) is 0 Å². The largest absolute Gasteiger partial charge is 0.496 e. The van der Waals surface area contributed by atoms with E-state index >= 15 is 0 Å². The van der Waals surface area contributed by atoms with E-state index in [0.717, 1.165) is 17.1 Å². The highest BCUT2D eigenvalue weighted by Crippen LogP contribution is 2.45. The van der Waals surface area contributed by atoms with E-state index in [9.17, 15) is 9.59 Å². The maximum atomic E-state index is 12.3. The van der Waals surface area contributed by atoms with Gasteiger partial charge in [-0.25, -0.2) is 4.79 Å². The van der Waals surface area contributed by atoms with Gasteiger partial charge in [-0.15, -0.1) is 23.5 Å². The molecule has 2 aromatic carbocycles. The van der Waals surface area contributed by atoms with Crippen LogP contribution in [0.3, 0.4) is 0 Å². The predicted octanol–water partition coefficient (Wildman–Crippen LogP) is 4.04. The highest BCUT2D eigenvalue weighted by molar-refractivity contribution is 8.19. The summed E-state index contributed by atoms with van der Waals surface area (Å²) in [6.07, 6.45) is -0.886. The maximum Gasteiger partial charge on any atom is 0.338 e. The van der Waals surface area contributed by atoms with E-state index < -0.39 is 12.1 Å². The van der Waals surface area contributed by atoms with E-state index in [2.05, 4.69) is 5.32 Å². The lowest BCUT2D eigenvalue weighted by Crippen LogP contribution is -2.35.